The number of pyridine rings is 1. The number of halogens is 1. The van der Waals surface area contributed by atoms with Gasteiger partial charge in [-0.15, -0.1) is 11.8 Å². The van der Waals surface area contributed by atoms with Crippen LogP contribution in [0.15, 0.2) is 45.9 Å². The highest BCUT2D eigenvalue weighted by atomic mass is 79.9. The topological polar surface area (TPSA) is 82.0 Å². The number of carbonyl (C=O) groups is 1. The van der Waals surface area contributed by atoms with Crippen molar-refractivity contribution in [2.45, 2.75) is 10.1 Å². The van der Waals surface area contributed by atoms with E-state index in [0.717, 1.165) is 21.2 Å². The van der Waals surface area contributed by atoms with E-state index < -0.39 is 0 Å². The van der Waals surface area contributed by atoms with E-state index in [0.29, 0.717) is 11.5 Å². The van der Waals surface area contributed by atoms with Gasteiger partial charge in [-0.25, -0.2) is 4.98 Å². The molecule has 0 aliphatic heterocycles. The van der Waals surface area contributed by atoms with E-state index in [1.807, 2.05) is 12.1 Å². The van der Waals surface area contributed by atoms with Crippen LogP contribution in [-0.4, -0.2) is 11.3 Å². The minimum Gasteiger partial charge on any atom is -0.399 e. The Labute approximate surface area is 123 Å². The van der Waals surface area contributed by atoms with E-state index in [2.05, 4.69) is 20.9 Å². The van der Waals surface area contributed by atoms with Gasteiger partial charge in [0.05, 0.1) is 5.25 Å². The zero-order chi connectivity index (χ0) is 13.8. The summed E-state index contributed by atoms with van der Waals surface area (Å²) in [6, 6.07) is 8.99. The van der Waals surface area contributed by atoms with E-state index >= 15 is 0 Å². The van der Waals surface area contributed by atoms with Crippen LogP contribution in [0.1, 0.15) is 10.8 Å². The standard InChI is InChI=1S/C13H12BrN3OS/c14-10-6-17-13(16)5-11(10)19-12(7-18)8-1-3-9(15)4-2-8/h1-7,12H,15H2,(H2,16,17). The number of hydrogen-bond donors (Lipinski definition) is 2. The minimum absolute atomic E-state index is 0.307. The van der Waals surface area contributed by atoms with Gasteiger partial charge in [0.15, 0.2) is 0 Å². The second-order valence-electron chi connectivity index (χ2n) is 3.88. The van der Waals surface area contributed by atoms with Gasteiger partial charge in [0.25, 0.3) is 0 Å². The number of aldehydes is 1. The number of benzene rings is 1. The lowest BCUT2D eigenvalue weighted by atomic mass is 10.1. The first kappa shape index (κ1) is 13.9. The third-order valence-corrected chi connectivity index (χ3v) is 4.61. The van der Waals surface area contributed by atoms with Gasteiger partial charge in [-0.1, -0.05) is 12.1 Å². The van der Waals surface area contributed by atoms with Crippen LogP contribution < -0.4 is 11.5 Å². The fourth-order valence-electron chi connectivity index (χ4n) is 1.52. The van der Waals surface area contributed by atoms with Crippen molar-refractivity contribution < 1.29 is 4.79 Å². The van der Waals surface area contributed by atoms with Crippen molar-refractivity contribution in [3.63, 3.8) is 0 Å². The first-order chi connectivity index (χ1) is 9.10. The summed E-state index contributed by atoms with van der Waals surface area (Å²) in [7, 11) is 0. The molecule has 2 rings (SSSR count). The molecule has 0 aliphatic rings. The molecule has 6 heteroatoms. The zero-order valence-corrected chi connectivity index (χ0v) is 12.3. The van der Waals surface area contributed by atoms with Gasteiger partial charge in [0.2, 0.25) is 0 Å². The number of nitrogens with two attached hydrogens (primary N) is 2. The molecule has 19 heavy (non-hydrogen) atoms. The van der Waals surface area contributed by atoms with Crippen LogP contribution in [-0.2, 0) is 4.79 Å². The first-order valence-corrected chi connectivity index (χ1v) is 7.16. The molecule has 0 radical (unpaired) electrons. The summed E-state index contributed by atoms with van der Waals surface area (Å²) in [6.07, 6.45) is 2.53. The van der Waals surface area contributed by atoms with Crippen molar-refractivity contribution >= 4 is 45.5 Å². The van der Waals surface area contributed by atoms with Crippen LogP contribution in [0, 0.1) is 0 Å². The maximum Gasteiger partial charge on any atom is 0.137 e. The monoisotopic (exact) mass is 337 g/mol. The number of hydrogen-bond acceptors (Lipinski definition) is 5. The predicted molar refractivity (Wildman–Crippen MR) is 81.9 cm³/mol. The van der Waals surface area contributed by atoms with Crippen LogP contribution in [0.25, 0.3) is 0 Å². The van der Waals surface area contributed by atoms with E-state index in [9.17, 15) is 4.79 Å². The van der Waals surface area contributed by atoms with Gasteiger partial charge in [0.1, 0.15) is 12.1 Å². The van der Waals surface area contributed by atoms with Gasteiger partial charge >= 0.3 is 0 Å². The second-order valence-corrected chi connectivity index (χ2v) is 5.92. The number of carbonyl (C=O) groups excluding carboxylic acids is 1. The lowest BCUT2D eigenvalue weighted by molar-refractivity contribution is -0.107. The molecule has 98 valence electrons. The quantitative estimate of drug-likeness (QED) is 0.509. The first-order valence-electron chi connectivity index (χ1n) is 5.48. The number of aromatic nitrogens is 1. The third-order valence-electron chi connectivity index (χ3n) is 2.48. The predicted octanol–water partition coefficient (Wildman–Crippen LogP) is 3.04. The third kappa shape index (κ3) is 3.48. The molecule has 2 aromatic rings. The summed E-state index contributed by atoms with van der Waals surface area (Å²) in [5, 5.41) is -0.307. The van der Waals surface area contributed by atoms with Crippen molar-refractivity contribution in [3.05, 3.63) is 46.6 Å². The minimum atomic E-state index is -0.307. The normalized spacial score (nSPS) is 12.1. The fourth-order valence-corrected chi connectivity index (χ4v) is 3.00. The molecule has 1 aromatic carbocycles. The van der Waals surface area contributed by atoms with Crippen molar-refractivity contribution in [2.24, 2.45) is 0 Å². The van der Waals surface area contributed by atoms with E-state index in [1.165, 1.54) is 11.8 Å². The molecule has 0 amide bonds. The molecule has 0 spiro atoms. The van der Waals surface area contributed by atoms with Crippen molar-refractivity contribution in [1.82, 2.24) is 4.98 Å². The molecule has 0 saturated carbocycles. The molecule has 1 aromatic heterocycles. The number of anilines is 2. The van der Waals surface area contributed by atoms with Gasteiger partial charge < -0.3 is 16.3 Å². The summed E-state index contributed by atoms with van der Waals surface area (Å²) >= 11 is 4.81. The fraction of sp³-hybridized carbons (Fsp3) is 0.0769. The van der Waals surface area contributed by atoms with Gasteiger partial charge in [-0.3, -0.25) is 0 Å². The van der Waals surface area contributed by atoms with Crippen LogP contribution in [0.2, 0.25) is 0 Å². The Hall–Kier alpha value is -1.53. The molecule has 4 N–H and O–H groups in total. The van der Waals surface area contributed by atoms with Crippen LogP contribution in [0.4, 0.5) is 11.5 Å². The molecule has 0 saturated heterocycles. The average Bonchev–Trinajstić information content (AvgIpc) is 2.41. The summed E-state index contributed by atoms with van der Waals surface area (Å²) in [4.78, 5) is 16.1. The van der Waals surface area contributed by atoms with Crippen LogP contribution in [0.3, 0.4) is 0 Å². The molecule has 0 aliphatic carbocycles. The van der Waals surface area contributed by atoms with Gasteiger partial charge in [0, 0.05) is 21.3 Å². The summed E-state index contributed by atoms with van der Waals surface area (Å²) < 4.78 is 0.814. The zero-order valence-electron chi connectivity index (χ0n) is 9.92. The Bertz CT molecular complexity index is 589. The lowest BCUT2D eigenvalue weighted by Crippen LogP contribution is -1.97. The highest BCUT2D eigenvalue weighted by molar-refractivity contribution is 9.10. The second kappa shape index (κ2) is 6.08. The summed E-state index contributed by atoms with van der Waals surface area (Å²) in [6.45, 7) is 0. The Morgan fingerprint density at radius 3 is 2.58 bits per heavy atom. The van der Waals surface area contributed by atoms with E-state index in [1.54, 1.807) is 24.4 Å². The largest absolute Gasteiger partial charge is 0.399 e. The van der Waals surface area contributed by atoms with Crippen LogP contribution >= 0.6 is 27.7 Å². The lowest BCUT2D eigenvalue weighted by Gasteiger charge is -2.12. The Kier molecular flexibility index (Phi) is 4.44. The van der Waals surface area contributed by atoms with Gasteiger partial charge in [-0.2, -0.15) is 0 Å². The smallest absolute Gasteiger partial charge is 0.137 e. The maximum absolute atomic E-state index is 11.3. The number of nitrogen functional groups attached to an aromatic ring is 2. The summed E-state index contributed by atoms with van der Waals surface area (Å²) in [5.41, 5.74) is 12.9. The maximum atomic E-state index is 11.3. The molecular formula is C13H12BrN3OS. The Morgan fingerprint density at radius 2 is 1.95 bits per heavy atom. The number of thioether (sulfide) groups is 1. The van der Waals surface area contributed by atoms with Crippen molar-refractivity contribution in [3.8, 4) is 0 Å². The van der Waals surface area contributed by atoms with Crippen molar-refractivity contribution in [1.29, 1.82) is 0 Å². The molecule has 1 heterocycles. The van der Waals surface area contributed by atoms with Crippen LogP contribution in [0.5, 0.6) is 0 Å². The molecule has 0 bridgehead atoms. The molecule has 4 nitrogen and oxygen atoms in total. The highest BCUT2D eigenvalue weighted by Crippen LogP contribution is 2.38. The Morgan fingerprint density at radius 1 is 1.26 bits per heavy atom. The Balaban J connectivity index is 2.26. The number of nitrogens with zero attached hydrogens (tertiary/aromatic N) is 1. The molecule has 1 atom stereocenters. The van der Waals surface area contributed by atoms with E-state index in [-0.39, 0.29) is 5.25 Å². The average molecular weight is 338 g/mol. The molecule has 0 fully saturated rings. The molecular weight excluding hydrogens is 326 g/mol. The number of rotatable bonds is 4. The molecule has 1 unspecified atom stereocenters. The summed E-state index contributed by atoms with van der Waals surface area (Å²) in [5.74, 6) is 0.424. The van der Waals surface area contributed by atoms with Gasteiger partial charge in [-0.05, 0) is 39.7 Å². The highest BCUT2D eigenvalue weighted by Gasteiger charge is 2.14. The van der Waals surface area contributed by atoms with Crippen molar-refractivity contribution in [2.75, 3.05) is 11.5 Å². The van der Waals surface area contributed by atoms with E-state index in [4.69, 9.17) is 11.5 Å². The SMILES string of the molecule is Nc1ccc(C(C=O)Sc2cc(N)ncc2Br)cc1.